The van der Waals surface area contributed by atoms with Gasteiger partial charge in [-0.25, -0.2) is 0 Å². The maximum absolute atomic E-state index is 11.5. The van der Waals surface area contributed by atoms with Crippen molar-refractivity contribution >= 4 is 5.91 Å². The predicted molar refractivity (Wildman–Crippen MR) is 74.8 cm³/mol. The minimum Gasteiger partial charge on any atom is -0.356 e. The van der Waals surface area contributed by atoms with Crippen LogP contribution in [0.5, 0.6) is 0 Å². The van der Waals surface area contributed by atoms with Crippen molar-refractivity contribution in [2.75, 3.05) is 6.54 Å². The number of nitrogens with one attached hydrogen (secondary N) is 1. The number of aromatic nitrogens is 2. The zero-order valence-corrected chi connectivity index (χ0v) is 12.3. The number of carbonyl (C=O) groups excluding carboxylic acids is 1. The van der Waals surface area contributed by atoms with Gasteiger partial charge in [0.1, 0.15) is 0 Å². The lowest BCUT2D eigenvalue weighted by Gasteiger charge is -2.17. The fraction of sp³-hybridized carbons (Fsp3) is 0.786. The summed E-state index contributed by atoms with van der Waals surface area (Å²) < 4.78 is 5.21. The zero-order valence-electron chi connectivity index (χ0n) is 12.3. The first-order valence-electron chi connectivity index (χ1n) is 7.38. The van der Waals surface area contributed by atoms with Crippen LogP contribution in [0.25, 0.3) is 0 Å². The molecule has 1 fully saturated rings. The molecule has 1 aliphatic rings. The average Bonchev–Trinajstić information content (AvgIpc) is 2.98. The molecule has 6 nitrogen and oxygen atoms in total. The quantitative estimate of drug-likeness (QED) is 0.823. The molecule has 20 heavy (non-hydrogen) atoms. The summed E-state index contributed by atoms with van der Waals surface area (Å²) in [6.45, 7) is 4.56. The maximum Gasteiger partial charge on any atom is 0.228 e. The molecule has 0 radical (unpaired) electrons. The van der Waals surface area contributed by atoms with Crippen LogP contribution in [0.2, 0.25) is 0 Å². The number of amides is 1. The number of carbonyl (C=O) groups is 1. The molecule has 0 aliphatic heterocycles. The zero-order chi connectivity index (χ0) is 14.6. The Labute approximate surface area is 119 Å². The van der Waals surface area contributed by atoms with Gasteiger partial charge in [-0.05, 0) is 18.8 Å². The van der Waals surface area contributed by atoms with Crippen molar-refractivity contribution in [2.24, 2.45) is 11.7 Å². The molecule has 112 valence electrons. The van der Waals surface area contributed by atoms with Gasteiger partial charge in [0.25, 0.3) is 0 Å². The Kier molecular flexibility index (Phi) is 4.75. The second-order valence-corrected chi connectivity index (χ2v) is 6.07. The summed E-state index contributed by atoms with van der Waals surface area (Å²) in [7, 11) is 0. The Morgan fingerprint density at radius 1 is 1.45 bits per heavy atom. The smallest absolute Gasteiger partial charge is 0.228 e. The first-order chi connectivity index (χ1) is 9.49. The van der Waals surface area contributed by atoms with Crippen LogP contribution in [-0.2, 0) is 16.8 Å². The summed E-state index contributed by atoms with van der Waals surface area (Å²) in [4.78, 5) is 15.9. The van der Waals surface area contributed by atoms with Crippen LogP contribution in [-0.4, -0.2) is 22.6 Å². The molecule has 1 aromatic rings. The highest BCUT2D eigenvalue weighted by Crippen LogP contribution is 2.34. The molecule has 1 aliphatic carbocycles. The van der Waals surface area contributed by atoms with Gasteiger partial charge in [-0.1, -0.05) is 31.8 Å². The van der Waals surface area contributed by atoms with Gasteiger partial charge < -0.3 is 15.6 Å². The topological polar surface area (TPSA) is 94.0 Å². The predicted octanol–water partition coefficient (Wildman–Crippen LogP) is 1.50. The second-order valence-electron chi connectivity index (χ2n) is 6.07. The van der Waals surface area contributed by atoms with Gasteiger partial charge in [0.2, 0.25) is 11.8 Å². The lowest BCUT2D eigenvalue weighted by atomic mass is 9.99. The molecule has 3 N–H and O–H groups in total. The standard InChI is InChI=1S/C14H24N4O2/c1-10(2)9-11(19)16-8-5-12-17-13(18-20-12)14(15)6-3-4-7-14/h10H,3-9,15H2,1-2H3,(H,16,19). The summed E-state index contributed by atoms with van der Waals surface area (Å²) in [5.41, 5.74) is 5.86. The molecular weight excluding hydrogens is 256 g/mol. The molecule has 1 saturated carbocycles. The highest BCUT2D eigenvalue weighted by molar-refractivity contribution is 5.75. The largest absolute Gasteiger partial charge is 0.356 e. The molecule has 0 bridgehead atoms. The number of nitrogens with two attached hydrogens (primary N) is 1. The summed E-state index contributed by atoms with van der Waals surface area (Å²) in [6, 6.07) is 0. The third-order valence-electron chi connectivity index (χ3n) is 3.66. The molecule has 0 saturated heterocycles. The van der Waals surface area contributed by atoms with Crippen LogP contribution in [0.15, 0.2) is 4.52 Å². The van der Waals surface area contributed by atoms with Crippen molar-refractivity contribution in [2.45, 2.75) is 57.9 Å². The molecule has 1 amide bonds. The van der Waals surface area contributed by atoms with Gasteiger partial charge in [0.05, 0.1) is 5.54 Å². The van der Waals surface area contributed by atoms with Crippen molar-refractivity contribution in [3.63, 3.8) is 0 Å². The Morgan fingerprint density at radius 3 is 2.80 bits per heavy atom. The van der Waals surface area contributed by atoms with E-state index < -0.39 is 5.54 Å². The van der Waals surface area contributed by atoms with Crippen molar-refractivity contribution < 1.29 is 9.32 Å². The molecule has 6 heteroatoms. The highest BCUT2D eigenvalue weighted by atomic mass is 16.5. The average molecular weight is 280 g/mol. The lowest BCUT2D eigenvalue weighted by Crippen LogP contribution is -2.34. The highest BCUT2D eigenvalue weighted by Gasteiger charge is 2.35. The fourth-order valence-electron chi connectivity index (χ4n) is 2.54. The minimum atomic E-state index is -0.414. The van der Waals surface area contributed by atoms with E-state index in [0.717, 1.165) is 25.7 Å². The van der Waals surface area contributed by atoms with Crippen LogP contribution in [0.1, 0.15) is 57.7 Å². The SMILES string of the molecule is CC(C)CC(=O)NCCc1nc(C2(N)CCCC2)no1. The monoisotopic (exact) mass is 280 g/mol. The summed E-state index contributed by atoms with van der Waals surface area (Å²) >= 11 is 0. The van der Waals surface area contributed by atoms with E-state index >= 15 is 0 Å². The molecule has 0 aromatic carbocycles. The summed E-state index contributed by atoms with van der Waals surface area (Å²) in [5, 5.41) is 6.85. The van der Waals surface area contributed by atoms with E-state index in [1.807, 2.05) is 13.8 Å². The summed E-state index contributed by atoms with van der Waals surface area (Å²) in [5.74, 6) is 1.58. The lowest BCUT2D eigenvalue weighted by molar-refractivity contribution is -0.121. The Morgan fingerprint density at radius 2 is 2.15 bits per heavy atom. The van der Waals surface area contributed by atoms with Crippen molar-refractivity contribution in [1.82, 2.24) is 15.5 Å². The Balaban J connectivity index is 1.80. The molecule has 0 unspecified atom stereocenters. The minimum absolute atomic E-state index is 0.0610. The molecule has 0 atom stereocenters. The van der Waals surface area contributed by atoms with E-state index in [2.05, 4.69) is 15.5 Å². The van der Waals surface area contributed by atoms with Gasteiger partial charge in [0.15, 0.2) is 5.82 Å². The third kappa shape index (κ3) is 3.79. The normalized spacial score (nSPS) is 17.6. The van der Waals surface area contributed by atoms with E-state index in [1.54, 1.807) is 0 Å². The van der Waals surface area contributed by atoms with E-state index in [-0.39, 0.29) is 5.91 Å². The van der Waals surface area contributed by atoms with Gasteiger partial charge in [-0.15, -0.1) is 0 Å². The van der Waals surface area contributed by atoms with E-state index in [9.17, 15) is 4.79 Å². The van der Waals surface area contributed by atoms with E-state index in [1.165, 1.54) is 0 Å². The first-order valence-corrected chi connectivity index (χ1v) is 7.38. The summed E-state index contributed by atoms with van der Waals surface area (Å²) in [6.07, 6.45) is 5.15. The number of nitrogens with zero attached hydrogens (tertiary/aromatic N) is 2. The third-order valence-corrected chi connectivity index (χ3v) is 3.66. The van der Waals surface area contributed by atoms with Crippen molar-refractivity contribution in [3.8, 4) is 0 Å². The van der Waals surface area contributed by atoms with Crippen LogP contribution in [0, 0.1) is 5.92 Å². The van der Waals surface area contributed by atoms with Crippen LogP contribution < -0.4 is 11.1 Å². The fourth-order valence-corrected chi connectivity index (χ4v) is 2.54. The molecule has 1 aromatic heterocycles. The van der Waals surface area contributed by atoms with E-state index in [0.29, 0.717) is 37.0 Å². The van der Waals surface area contributed by atoms with Gasteiger partial charge in [-0.2, -0.15) is 4.98 Å². The number of hydrogen-bond acceptors (Lipinski definition) is 5. The molecule has 2 rings (SSSR count). The van der Waals surface area contributed by atoms with Gasteiger partial charge >= 0.3 is 0 Å². The van der Waals surface area contributed by atoms with Crippen LogP contribution in [0.4, 0.5) is 0 Å². The van der Waals surface area contributed by atoms with Crippen molar-refractivity contribution in [1.29, 1.82) is 0 Å². The Bertz CT molecular complexity index is 450. The molecule has 0 spiro atoms. The first kappa shape index (κ1) is 15.0. The number of rotatable bonds is 6. The van der Waals surface area contributed by atoms with Crippen LogP contribution >= 0.6 is 0 Å². The second kappa shape index (κ2) is 6.35. The Hall–Kier alpha value is -1.43. The van der Waals surface area contributed by atoms with Gasteiger partial charge in [0, 0.05) is 19.4 Å². The van der Waals surface area contributed by atoms with Gasteiger partial charge in [-0.3, -0.25) is 4.79 Å². The molecular formula is C14H24N4O2. The molecule has 1 heterocycles. The van der Waals surface area contributed by atoms with Crippen molar-refractivity contribution in [3.05, 3.63) is 11.7 Å². The van der Waals surface area contributed by atoms with E-state index in [4.69, 9.17) is 10.3 Å². The maximum atomic E-state index is 11.5. The van der Waals surface area contributed by atoms with Crippen LogP contribution in [0.3, 0.4) is 0 Å². The number of hydrogen-bond donors (Lipinski definition) is 2.